The second kappa shape index (κ2) is 6.80. The molecule has 0 aliphatic rings. The highest BCUT2D eigenvalue weighted by Gasteiger charge is 2.02. The highest BCUT2D eigenvalue weighted by Crippen LogP contribution is 2.17. The normalized spacial score (nSPS) is 12.7. The lowest BCUT2D eigenvalue weighted by Crippen LogP contribution is -2.06. The van der Waals surface area contributed by atoms with E-state index in [2.05, 4.69) is 29.1 Å². The second-order valence-corrected chi connectivity index (χ2v) is 4.72. The first kappa shape index (κ1) is 12.5. The van der Waals surface area contributed by atoms with E-state index < -0.39 is 0 Å². The van der Waals surface area contributed by atoms with Crippen molar-refractivity contribution in [2.24, 2.45) is 5.92 Å². The van der Waals surface area contributed by atoms with Crippen LogP contribution in [0.25, 0.3) is 0 Å². The van der Waals surface area contributed by atoms with Crippen LogP contribution in [0.4, 0.5) is 0 Å². The molecule has 0 aromatic carbocycles. The molecule has 0 saturated heterocycles. The van der Waals surface area contributed by atoms with Crippen molar-refractivity contribution < 1.29 is 0 Å². The third-order valence-electron chi connectivity index (χ3n) is 2.26. The number of aromatic nitrogens is 2. The van der Waals surface area contributed by atoms with Gasteiger partial charge in [-0.25, -0.2) is 9.97 Å². The number of nitrogens with one attached hydrogen (secondary N) is 1. The highest BCUT2D eigenvalue weighted by atomic mass is 32.2. The number of thioether (sulfide) groups is 1. The van der Waals surface area contributed by atoms with Gasteiger partial charge in [0.25, 0.3) is 0 Å². The Kier molecular flexibility index (Phi) is 5.65. The zero-order chi connectivity index (χ0) is 11.1. The minimum atomic E-state index is 0.732. The van der Waals surface area contributed by atoms with Crippen LogP contribution in [0.5, 0.6) is 0 Å². The Labute approximate surface area is 96.1 Å². The Morgan fingerprint density at radius 2 is 2.07 bits per heavy atom. The lowest BCUT2D eigenvalue weighted by molar-refractivity contribution is 0.636. The van der Waals surface area contributed by atoms with Crippen molar-refractivity contribution in [3.05, 3.63) is 18.0 Å². The molecular formula is C11H19N3S. The molecule has 0 radical (unpaired) electrons. The van der Waals surface area contributed by atoms with Gasteiger partial charge in [-0.2, -0.15) is 0 Å². The average molecular weight is 225 g/mol. The van der Waals surface area contributed by atoms with Gasteiger partial charge in [0.05, 0.1) is 0 Å². The van der Waals surface area contributed by atoms with Gasteiger partial charge in [0.15, 0.2) is 5.16 Å². The van der Waals surface area contributed by atoms with E-state index in [0.717, 1.165) is 28.9 Å². The van der Waals surface area contributed by atoms with Gasteiger partial charge in [0.2, 0.25) is 0 Å². The second-order valence-electron chi connectivity index (χ2n) is 3.73. The van der Waals surface area contributed by atoms with Gasteiger partial charge in [0.1, 0.15) is 0 Å². The van der Waals surface area contributed by atoms with Crippen LogP contribution in [0.1, 0.15) is 25.8 Å². The first-order chi connectivity index (χ1) is 7.26. The molecule has 0 aliphatic carbocycles. The predicted octanol–water partition coefficient (Wildman–Crippen LogP) is 2.33. The molecule has 1 rings (SSSR count). The van der Waals surface area contributed by atoms with Crippen molar-refractivity contribution >= 4 is 11.8 Å². The molecule has 3 nitrogen and oxygen atoms in total. The van der Waals surface area contributed by atoms with E-state index >= 15 is 0 Å². The lowest BCUT2D eigenvalue weighted by Gasteiger charge is -2.06. The summed E-state index contributed by atoms with van der Waals surface area (Å²) in [7, 11) is 1.92. The van der Waals surface area contributed by atoms with Crippen LogP contribution in [0, 0.1) is 5.92 Å². The number of rotatable bonds is 6. The smallest absolute Gasteiger partial charge is 0.187 e. The van der Waals surface area contributed by atoms with Crippen molar-refractivity contribution in [2.45, 2.75) is 32.0 Å². The van der Waals surface area contributed by atoms with Gasteiger partial charge in [-0.3, -0.25) is 0 Å². The van der Waals surface area contributed by atoms with E-state index in [1.165, 1.54) is 6.42 Å². The maximum atomic E-state index is 4.32. The Bertz CT molecular complexity index is 274. The fourth-order valence-corrected chi connectivity index (χ4v) is 1.97. The summed E-state index contributed by atoms with van der Waals surface area (Å²) >= 11 is 1.74. The third kappa shape index (κ3) is 4.62. The number of hydrogen-bond acceptors (Lipinski definition) is 4. The van der Waals surface area contributed by atoms with Gasteiger partial charge < -0.3 is 5.32 Å². The largest absolute Gasteiger partial charge is 0.316 e. The van der Waals surface area contributed by atoms with Gasteiger partial charge in [-0.1, -0.05) is 32.0 Å². The van der Waals surface area contributed by atoms with E-state index in [1.807, 2.05) is 19.4 Å². The molecule has 0 saturated carbocycles. The third-order valence-corrected chi connectivity index (χ3v) is 3.46. The van der Waals surface area contributed by atoms with Gasteiger partial charge in [-0.05, 0) is 13.0 Å². The first-order valence-electron chi connectivity index (χ1n) is 5.34. The minimum absolute atomic E-state index is 0.732. The maximum Gasteiger partial charge on any atom is 0.187 e. The Hall–Kier alpha value is -0.610. The summed E-state index contributed by atoms with van der Waals surface area (Å²) in [6, 6.07) is 0. The molecule has 1 heterocycles. The fraction of sp³-hybridized carbons (Fsp3) is 0.636. The van der Waals surface area contributed by atoms with E-state index in [9.17, 15) is 0 Å². The molecule has 15 heavy (non-hydrogen) atoms. The molecule has 1 unspecified atom stereocenters. The van der Waals surface area contributed by atoms with Crippen LogP contribution in [-0.2, 0) is 6.54 Å². The number of nitrogens with zero attached hydrogens (tertiary/aromatic N) is 2. The molecule has 0 aliphatic heterocycles. The average Bonchev–Trinajstić information content (AvgIpc) is 2.28. The summed E-state index contributed by atoms with van der Waals surface area (Å²) in [6.45, 7) is 5.29. The standard InChI is InChI=1S/C11H19N3S/c1-4-9(2)8-15-11-13-6-10(5-12-3)7-14-11/h6-7,9,12H,4-5,8H2,1-3H3. The van der Waals surface area contributed by atoms with E-state index in [1.54, 1.807) is 11.8 Å². The summed E-state index contributed by atoms with van der Waals surface area (Å²) in [6.07, 6.45) is 5.00. The quantitative estimate of drug-likeness (QED) is 0.595. The van der Waals surface area contributed by atoms with Crippen LogP contribution in [0.2, 0.25) is 0 Å². The molecular weight excluding hydrogens is 206 g/mol. The first-order valence-corrected chi connectivity index (χ1v) is 6.33. The molecule has 1 N–H and O–H groups in total. The summed E-state index contributed by atoms with van der Waals surface area (Å²) in [5.74, 6) is 1.83. The molecule has 1 aromatic rings. The number of hydrogen-bond donors (Lipinski definition) is 1. The fourth-order valence-electron chi connectivity index (χ4n) is 1.05. The van der Waals surface area contributed by atoms with Gasteiger partial charge in [-0.15, -0.1) is 0 Å². The van der Waals surface area contributed by atoms with Crippen molar-refractivity contribution in [3.63, 3.8) is 0 Å². The molecule has 84 valence electrons. The van der Waals surface area contributed by atoms with Crippen LogP contribution in [0.3, 0.4) is 0 Å². The summed E-state index contributed by atoms with van der Waals surface area (Å²) in [5.41, 5.74) is 1.13. The van der Waals surface area contributed by atoms with Crippen molar-refractivity contribution in [1.82, 2.24) is 15.3 Å². The van der Waals surface area contributed by atoms with Crippen LogP contribution >= 0.6 is 11.8 Å². The molecule has 4 heteroatoms. The summed E-state index contributed by atoms with van der Waals surface area (Å²) < 4.78 is 0. The summed E-state index contributed by atoms with van der Waals surface area (Å²) in [5, 5.41) is 3.96. The van der Waals surface area contributed by atoms with Crippen LogP contribution in [-0.4, -0.2) is 22.8 Å². The zero-order valence-electron chi connectivity index (χ0n) is 9.66. The van der Waals surface area contributed by atoms with Crippen molar-refractivity contribution in [1.29, 1.82) is 0 Å². The SMILES string of the molecule is CCC(C)CSc1ncc(CNC)cn1. The van der Waals surface area contributed by atoms with Gasteiger partial charge >= 0.3 is 0 Å². The van der Waals surface area contributed by atoms with Crippen molar-refractivity contribution in [3.8, 4) is 0 Å². The van der Waals surface area contributed by atoms with E-state index in [-0.39, 0.29) is 0 Å². The Morgan fingerprint density at radius 3 is 2.60 bits per heavy atom. The van der Waals surface area contributed by atoms with Crippen LogP contribution < -0.4 is 5.32 Å². The van der Waals surface area contributed by atoms with E-state index in [4.69, 9.17) is 0 Å². The molecule has 0 fully saturated rings. The van der Waals surface area contributed by atoms with Crippen molar-refractivity contribution in [2.75, 3.05) is 12.8 Å². The molecule has 0 bridgehead atoms. The maximum absolute atomic E-state index is 4.32. The monoisotopic (exact) mass is 225 g/mol. The molecule has 1 atom stereocenters. The zero-order valence-corrected chi connectivity index (χ0v) is 10.5. The molecule has 0 spiro atoms. The van der Waals surface area contributed by atoms with E-state index in [0.29, 0.717) is 0 Å². The van der Waals surface area contributed by atoms with Gasteiger partial charge in [0, 0.05) is 30.3 Å². The minimum Gasteiger partial charge on any atom is -0.316 e. The Balaban J connectivity index is 2.42. The highest BCUT2D eigenvalue weighted by molar-refractivity contribution is 7.99. The van der Waals surface area contributed by atoms with Crippen LogP contribution in [0.15, 0.2) is 17.6 Å². The summed E-state index contributed by atoms with van der Waals surface area (Å²) in [4.78, 5) is 8.63. The molecule has 1 aromatic heterocycles. The predicted molar refractivity (Wildman–Crippen MR) is 65.0 cm³/mol. The lowest BCUT2D eigenvalue weighted by atomic mass is 10.2. The molecule has 0 amide bonds. The topological polar surface area (TPSA) is 37.8 Å². The Morgan fingerprint density at radius 1 is 1.40 bits per heavy atom.